The number of H-pyrrole nitrogens is 1. The number of methoxy groups -OCH3 is 1. The number of benzene rings is 2. The van der Waals surface area contributed by atoms with E-state index in [0.717, 1.165) is 11.1 Å². The molecule has 7 heteroatoms. The molecule has 0 saturated heterocycles. The van der Waals surface area contributed by atoms with Gasteiger partial charge in [-0.05, 0) is 37.3 Å². The summed E-state index contributed by atoms with van der Waals surface area (Å²) < 4.78 is 5.19. The minimum atomic E-state index is -0.258. The highest BCUT2D eigenvalue weighted by atomic mass is 35.5. The lowest BCUT2D eigenvalue weighted by Crippen LogP contribution is -2.19. The van der Waals surface area contributed by atoms with Crippen LogP contribution in [0.25, 0.3) is 10.9 Å². The summed E-state index contributed by atoms with van der Waals surface area (Å²) in [4.78, 5) is 26.6. The van der Waals surface area contributed by atoms with Crippen LogP contribution in [-0.4, -0.2) is 18.0 Å². The van der Waals surface area contributed by atoms with Crippen LogP contribution in [0.15, 0.2) is 47.3 Å². The van der Waals surface area contributed by atoms with Crippen molar-refractivity contribution in [2.45, 2.75) is 19.9 Å². The molecule has 0 aliphatic carbocycles. The van der Waals surface area contributed by atoms with Gasteiger partial charge in [0, 0.05) is 35.3 Å². The summed E-state index contributed by atoms with van der Waals surface area (Å²) in [7, 11) is 1.53. The summed E-state index contributed by atoms with van der Waals surface area (Å²) in [5.41, 5.74) is 2.52. The Morgan fingerprint density at radius 2 is 1.93 bits per heavy atom. The second-order valence-corrected chi connectivity index (χ2v) is 6.66. The van der Waals surface area contributed by atoms with E-state index >= 15 is 0 Å². The first-order chi connectivity index (χ1) is 12.9. The Balaban J connectivity index is 1.91. The third-order valence-corrected chi connectivity index (χ3v) is 4.47. The maximum atomic E-state index is 12.5. The molecule has 0 saturated carbocycles. The van der Waals surface area contributed by atoms with Crippen LogP contribution in [0, 0.1) is 0 Å². The number of aromatic amines is 1. The minimum Gasteiger partial charge on any atom is -0.495 e. The SMILES string of the molecule is COc1cc2[nH]c(=O)c(C(C)Nc3cccc(NC(C)=O)c3)cc2cc1Cl. The maximum Gasteiger partial charge on any atom is 0.253 e. The van der Waals surface area contributed by atoms with Gasteiger partial charge in [0.15, 0.2) is 0 Å². The molecule has 0 bridgehead atoms. The van der Waals surface area contributed by atoms with E-state index in [4.69, 9.17) is 16.3 Å². The van der Waals surface area contributed by atoms with Gasteiger partial charge in [-0.1, -0.05) is 17.7 Å². The zero-order valence-electron chi connectivity index (χ0n) is 15.2. The first-order valence-electron chi connectivity index (χ1n) is 8.42. The van der Waals surface area contributed by atoms with Crippen molar-refractivity contribution in [2.24, 2.45) is 0 Å². The normalized spacial score (nSPS) is 11.9. The molecule has 140 valence electrons. The molecule has 0 aliphatic heterocycles. The van der Waals surface area contributed by atoms with Crippen LogP contribution in [0.2, 0.25) is 5.02 Å². The second kappa shape index (κ2) is 7.72. The molecule has 1 unspecified atom stereocenters. The van der Waals surface area contributed by atoms with Gasteiger partial charge in [0.1, 0.15) is 5.75 Å². The number of anilines is 2. The molecule has 1 amide bonds. The van der Waals surface area contributed by atoms with Gasteiger partial charge in [0.05, 0.1) is 23.7 Å². The van der Waals surface area contributed by atoms with E-state index < -0.39 is 0 Å². The zero-order chi connectivity index (χ0) is 19.6. The standard InChI is InChI=1S/C20H20ClN3O3/c1-11(22-14-5-4-6-15(9-14)23-12(2)25)16-7-13-8-17(21)19(27-3)10-18(13)24-20(16)26/h4-11,22H,1-3H3,(H,23,25)(H,24,26). The van der Waals surface area contributed by atoms with Gasteiger partial charge >= 0.3 is 0 Å². The lowest BCUT2D eigenvalue weighted by Gasteiger charge is -2.16. The van der Waals surface area contributed by atoms with Crippen molar-refractivity contribution in [3.63, 3.8) is 0 Å². The molecule has 3 N–H and O–H groups in total. The van der Waals surface area contributed by atoms with E-state index in [2.05, 4.69) is 15.6 Å². The van der Waals surface area contributed by atoms with Crippen LogP contribution in [0.3, 0.4) is 0 Å². The third kappa shape index (κ3) is 4.23. The molecule has 3 aromatic rings. The van der Waals surface area contributed by atoms with Gasteiger partial charge in [0.25, 0.3) is 5.56 Å². The third-order valence-electron chi connectivity index (χ3n) is 4.18. The Bertz CT molecular complexity index is 1060. The predicted octanol–water partition coefficient (Wildman–Crippen LogP) is 4.32. The van der Waals surface area contributed by atoms with Crippen LogP contribution in [0.1, 0.15) is 25.5 Å². The fourth-order valence-electron chi connectivity index (χ4n) is 2.92. The number of halogens is 1. The monoisotopic (exact) mass is 385 g/mol. The summed E-state index contributed by atoms with van der Waals surface area (Å²) in [5, 5.41) is 7.32. The van der Waals surface area contributed by atoms with E-state index in [1.165, 1.54) is 14.0 Å². The summed E-state index contributed by atoms with van der Waals surface area (Å²) in [6.07, 6.45) is 0. The molecule has 6 nitrogen and oxygen atoms in total. The number of ether oxygens (including phenoxy) is 1. The van der Waals surface area contributed by atoms with Crippen LogP contribution in [-0.2, 0) is 4.79 Å². The van der Waals surface area contributed by atoms with Gasteiger partial charge < -0.3 is 20.4 Å². The van der Waals surface area contributed by atoms with Gasteiger partial charge in [-0.25, -0.2) is 0 Å². The van der Waals surface area contributed by atoms with Crippen molar-refractivity contribution in [3.05, 3.63) is 63.4 Å². The number of carbonyl (C=O) groups excluding carboxylic acids is 1. The average Bonchev–Trinajstić information content (AvgIpc) is 2.60. The number of pyridine rings is 1. The first kappa shape index (κ1) is 18.8. The van der Waals surface area contributed by atoms with E-state index in [-0.39, 0.29) is 17.5 Å². The number of hydrogen-bond acceptors (Lipinski definition) is 4. The Hall–Kier alpha value is -2.99. The number of aromatic nitrogens is 1. The van der Waals surface area contributed by atoms with E-state index in [0.29, 0.717) is 27.5 Å². The summed E-state index contributed by atoms with van der Waals surface area (Å²) in [6.45, 7) is 3.35. The van der Waals surface area contributed by atoms with Gasteiger partial charge in [-0.3, -0.25) is 9.59 Å². The first-order valence-corrected chi connectivity index (χ1v) is 8.80. The van der Waals surface area contributed by atoms with Crippen molar-refractivity contribution in [1.29, 1.82) is 0 Å². The number of rotatable bonds is 5. The highest BCUT2D eigenvalue weighted by Crippen LogP contribution is 2.29. The molecule has 2 aromatic carbocycles. The Kier molecular flexibility index (Phi) is 5.37. The number of hydrogen-bond donors (Lipinski definition) is 3. The van der Waals surface area contributed by atoms with Crippen LogP contribution in [0.5, 0.6) is 5.75 Å². The van der Waals surface area contributed by atoms with Crippen LogP contribution < -0.4 is 20.9 Å². The average molecular weight is 386 g/mol. The Morgan fingerprint density at radius 3 is 2.63 bits per heavy atom. The van der Waals surface area contributed by atoms with Gasteiger partial charge in [-0.2, -0.15) is 0 Å². The smallest absolute Gasteiger partial charge is 0.253 e. The van der Waals surface area contributed by atoms with Crippen molar-refractivity contribution < 1.29 is 9.53 Å². The molecule has 0 radical (unpaired) electrons. The lowest BCUT2D eigenvalue weighted by molar-refractivity contribution is -0.114. The number of carbonyl (C=O) groups is 1. The predicted molar refractivity (Wildman–Crippen MR) is 109 cm³/mol. The van der Waals surface area contributed by atoms with Crippen LogP contribution in [0.4, 0.5) is 11.4 Å². The van der Waals surface area contributed by atoms with Crippen molar-refractivity contribution in [3.8, 4) is 5.75 Å². The molecule has 1 heterocycles. The second-order valence-electron chi connectivity index (χ2n) is 6.26. The quantitative estimate of drug-likeness (QED) is 0.610. The van der Waals surface area contributed by atoms with E-state index in [1.807, 2.05) is 31.2 Å². The number of nitrogens with one attached hydrogen (secondary N) is 3. The molecule has 27 heavy (non-hydrogen) atoms. The largest absolute Gasteiger partial charge is 0.495 e. The fraction of sp³-hybridized carbons (Fsp3) is 0.200. The summed E-state index contributed by atoms with van der Waals surface area (Å²) >= 11 is 6.20. The topological polar surface area (TPSA) is 83.2 Å². The molecular formula is C20H20ClN3O3. The maximum absolute atomic E-state index is 12.5. The van der Waals surface area contributed by atoms with Gasteiger partial charge in [0.2, 0.25) is 5.91 Å². The van der Waals surface area contributed by atoms with E-state index in [9.17, 15) is 9.59 Å². The van der Waals surface area contributed by atoms with Crippen molar-refractivity contribution in [1.82, 2.24) is 4.98 Å². The highest BCUT2D eigenvalue weighted by molar-refractivity contribution is 6.32. The Labute approximate surface area is 161 Å². The fourth-order valence-corrected chi connectivity index (χ4v) is 3.17. The lowest BCUT2D eigenvalue weighted by atomic mass is 10.1. The summed E-state index contributed by atoms with van der Waals surface area (Å²) in [6, 6.07) is 12.3. The highest BCUT2D eigenvalue weighted by Gasteiger charge is 2.13. The number of fused-ring (bicyclic) bond motifs is 1. The molecule has 0 fully saturated rings. The molecule has 0 aliphatic rings. The zero-order valence-corrected chi connectivity index (χ0v) is 16.0. The van der Waals surface area contributed by atoms with Crippen LogP contribution >= 0.6 is 11.6 Å². The molecule has 1 aromatic heterocycles. The molecule has 0 spiro atoms. The summed E-state index contributed by atoms with van der Waals surface area (Å²) in [5.74, 6) is 0.368. The molecule has 3 rings (SSSR count). The number of amides is 1. The van der Waals surface area contributed by atoms with Crippen molar-refractivity contribution in [2.75, 3.05) is 17.7 Å². The Morgan fingerprint density at radius 1 is 1.19 bits per heavy atom. The van der Waals surface area contributed by atoms with Gasteiger partial charge in [-0.15, -0.1) is 0 Å². The van der Waals surface area contributed by atoms with Crippen molar-refractivity contribution >= 4 is 39.8 Å². The molecule has 1 atom stereocenters. The van der Waals surface area contributed by atoms with E-state index in [1.54, 1.807) is 18.2 Å². The molecular weight excluding hydrogens is 366 g/mol. The minimum absolute atomic E-state index is 0.140.